The van der Waals surface area contributed by atoms with Gasteiger partial charge in [0.2, 0.25) is 0 Å². The molecule has 1 unspecified atom stereocenters. The Balaban J connectivity index is 4.54. The molecule has 0 rings (SSSR count). The molecular weight excluding hydrogens is 234 g/mol. The predicted octanol–water partition coefficient (Wildman–Crippen LogP) is 1.83. The number of aliphatic hydroxyl groups is 1. The van der Waals surface area contributed by atoms with Crippen molar-refractivity contribution in [3.05, 3.63) is 0 Å². The van der Waals surface area contributed by atoms with Gasteiger partial charge in [0.15, 0.2) is 0 Å². The van der Waals surface area contributed by atoms with Crippen molar-refractivity contribution < 1.29 is 14.0 Å². The lowest BCUT2D eigenvalue weighted by atomic mass is 10.2. The predicted molar refractivity (Wildman–Crippen MR) is 73.5 cm³/mol. The Morgan fingerprint density at radius 2 is 1.59 bits per heavy atom. The van der Waals surface area contributed by atoms with E-state index in [4.69, 9.17) is 8.85 Å². The lowest BCUT2D eigenvalue weighted by molar-refractivity contribution is 0.122. The number of aliphatic hydroxyl groups excluding tert-OH is 1. The molecule has 0 aromatic rings. The Morgan fingerprint density at radius 1 is 1.12 bits per heavy atom. The van der Waals surface area contributed by atoms with Crippen LogP contribution in [-0.2, 0) is 8.85 Å². The van der Waals surface area contributed by atoms with Crippen LogP contribution in [0.25, 0.3) is 0 Å². The molecule has 0 spiro atoms. The Labute approximate surface area is 107 Å². The summed E-state index contributed by atoms with van der Waals surface area (Å²) in [7, 11) is 1.30. The van der Waals surface area contributed by atoms with Crippen molar-refractivity contribution in [2.45, 2.75) is 45.3 Å². The van der Waals surface area contributed by atoms with Gasteiger partial charge in [0.1, 0.15) is 0 Å². The number of hydrogen-bond donors (Lipinski definition) is 1. The summed E-state index contributed by atoms with van der Waals surface area (Å²) in [6.07, 6.45) is 2.21. The first-order valence-corrected chi connectivity index (χ1v) is 9.04. The average Bonchev–Trinajstić information content (AvgIpc) is 2.35. The van der Waals surface area contributed by atoms with Gasteiger partial charge in [-0.05, 0) is 32.5 Å². The van der Waals surface area contributed by atoms with Crippen LogP contribution >= 0.6 is 0 Å². The second-order valence-corrected chi connectivity index (χ2v) is 8.11. The van der Waals surface area contributed by atoms with E-state index in [2.05, 4.69) is 18.7 Å². The lowest BCUT2D eigenvalue weighted by Crippen LogP contribution is -2.48. The van der Waals surface area contributed by atoms with E-state index in [0.717, 1.165) is 32.0 Å². The third-order valence-electron chi connectivity index (χ3n) is 3.22. The summed E-state index contributed by atoms with van der Waals surface area (Å²) in [5, 5.41) is 9.57. The zero-order valence-corrected chi connectivity index (χ0v) is 13.0. The molecule has 0 aliphatic heterocycles. The van der Waals surface area contributed by atoms with Crippen molar-refractivity contribution in [2.75, 3.05) is 33.9 Å². The Bertz CT molecular complexity index is 183. The normalized spacial score (nSPS) is 14.3. The minimum absolute atomic E-state index is 0.159. The molecule has 0 bridgehead atoms. The van der Waals surface area contributed by atoms with Crippen molar-refractivity contribution in [3.63, 3.8) is 0 Å². The maximum atomic E-state index is 9.57. The highest BCUT2D eigenvalue weighted by Gasteiger charge is 2.34. The minimum atomic E-state index is -2.10. The van der Waals surface area contributed by atoms with Gasteiger partial charge in [-0.1, -0.05) is 13.8 Å². The summed E-state index contributed by atoms with van der Waals surface area (Å²) >= 11 is 0. The molecule has 0 heterocycles. The fourth-order valence-electron chi connectivity index (χ4n) is 2.04. The van der Waals surface area contributed by atoms with E-state index in [9.17, 15) is 5.11 Å². The van der Waals surface area contributed by atoms with Crippen molar-refractivity contribution in [3.8, 4) is 0 Å². The molecule has 4 nitrogen and oxygen atoms in total. The van der Waals surface area contributed by atoms with Crippen LogP contribution in [0.2, 0.25) is 12.6 Å². The van der Waals surface area contributed by atoms with Crippen LogP contribution in [0.1, 0.15) is 26.7 Å². The molecule has 0 aliphatic rings. The molecule has 0 aromatic heterocycles. The van der Waals surface area contributed by atoms with E-state index < -0.39 is 8.56 Å². The van der Waals surface area contributed by atoms with Gasteiger partial charge < -0.3 is 14.0 Å². The molecule has 1 N–H and O–H groups in total. The Kier molecular flexibility index (Phi) is 9.08. The molecule has 5 heteroatoms. The second-order valence-electron chi connectivity index (χ2n) is 4.62. The zero-order valence-electron chi connectivity index (χ0n) is 12.0. The fraction of sp³-hybridized carbons (Fsp3) is 1.00. The second kappa shape index (κ2) is 9.05. The van der Waals surface area contributed by atoms with Crippen LogP contribution < -0.4 is 0 Å². The van der Waals surface area contributed by atoms with Crippen LogP contribution in [-0.4, -0.2) is 58.5 Å². The monoisotopic (exact) mass is 263 g/mol. The first kappa shape index (κ1) is 17.1. The van der Waals surface area contributed by atoms with Crippen LogP contribution in [0.4, 0.5) is 0 Å². The van der Waals surface area contributed by atoms with E-state index >= 15 is 0 Å². The van der Waals surface area contributed by atoms with Gasteiger partial charge in [-0.15, -0.1) is 0 Å². The molecule has 17 heavy (non-hydrogen) atoms. The van der Waals surface area contributed by atoms with Crippen molar-refractivity contribution in [2.24, 2.45) is 0 Å². The first-order valence-electron chi connectivity index (χ1n) is 6.52. The summed E-state index contributed by atoms with van der Waals surface area (Å²) in [6.45, 7) is 8.61. The fourth-order valence-corrected chi connectivity index (χ4v) is 3.78. The van der Waals surface area contributed by atoms with Gasteiger partial charge in [-0.25, -0.2) is 0 Å². The largest absolute Gasteiger partial charge is 0.398 e. The summed E-state index contributed by atoms with van der Waals surface area (Å²) in [4.78, 5) is 2.35. The summed E-state index contributed by atoms with van der Waals surface area (Å²) in [6, 6.07) is 0.975. The van der Waals surface area contributed by atoms with E-state index in [1.165, 1.54) is 0 Å². The maximum Gasteiger partial charge on any atom is 0.336 e. The van der Waals surface area contributed by atoms with Crippen LogP contribution in [0.15, 0.2) is 0 Å². The van der Waals surface area contributed by atoms with Crippen LogP contribution in [0.5, 0.6) is 0 Å². The van der Waals surface area contributed by atoms with Crippen LogP contribution in [0, 0.1) is 0 Å². The van der Waals surface area contributed by atoms with Gasteiger partial charge in [-0.2, -0.15) is 0 Å². The van der Waals surface area contributed by atoms with Crippen LogP contribution in [0.3, 0.4) is 0 Å². The topological polar surface area (TPSA) is 41.9 Å². The van der Waals surface area contributed by atoms with Crippen molar-refractivity contribution in [1.82, 2.24) is 4.90 Å². The molecule has 0 saturated heterocycles. The Morgan fingerprint density at radius 3 is 1.88 bits per heavy atom. The van der Waals surface area contributed by atoms with Gasteiger partial charge in [-0.3, -0.25) is 4.90 Å². The summed E-state index contributed by atoms with van der Waals surface area (Å²) in [5.74, 6) is 0. The van der Waals surface area contributed by atoms with Gasteiger partial charge >= 0.3 is 8.56 Å². The number of rotatable bonds is 10. The Hall–Kier alpha value is 0.0569. The highest BCUT2D eigenvalue weighted by Crippen LogP contribution is 2.18. The molecular formula is C12H29NO3Si. The zero-order chi connectivity index (χ0) is 13.3. The highest BCUT2D eigenvalue weighted by atomic mass is 28.4. The number of hydrogen-bond acceptors (Lipinski definition) is 4. The molecule has 0 aliphatic carbocycles. The molecule has 0 radical (unpaired) electrons. The van der Waals surface area contributed by atoms with Gasteiger partial charge in [0, 0.05) is 26.3 Å². The average molecular weight is 263 g/mol. The quantitative estimate of drug-likeness (QED) is 0.611. The van der Waals surface area contributed by atoms with Crippen molar-refractivity contribution in [1.29, 1.82) is 0 Å². The number of nitrogens with zero attached hydrogens (tertiary/aromatic N) is 1. The molecule has 1 atom stereocenters. The van der Waals surface area contributed by atoms with E-state index in [1.807, 2.05) is 6.55 Å². The van der Waals surface area contributed by atoms with E-state index in [0.29, 0.717) is 0 Å². The van der Waals surface area contributed by atoms with Crippen molar-refractivity contribution >= 4 is 8.56 Å². The van der Waals surface area contributed by atoms with E-state index in [1.54, 1.807) is 14.2 Å². The molecule has 104 valence electrons. The standard InChI is InChI=1S/C12H29NO3Si/c1-6-8-13(9-7-2)12(10-14)11-17(5,15-3)16-4/h12,14H,6-11H2,1-5H3. The molecule has 0 aromatic carbocycles. The SMILES string of the molecule is CCCN(CCC)C(CO)C[Si](C)(OC)OC. The lowest BCUT2D eigenvalue weighted by Gasteiger charge is -2.34. The highest BCUT2D eigenvalue weighted by molar-refractivity contribution is 6.66. The smallest absolute Gasteiger partial charge is 0.336 e. The summed E-state index contributed by atoms with van der Waals surface area (Å²) in [5.41, 5.74) is 0. The minimum Gasteiger partial charge on any atom is -0.398 e. The first-order chi connectivity index (χ1) is 8.06. The third kappa shape index (κ3) is 5.97. The van der Waals surface area contributed by atoms with Gasteiger partial charge in [0.25, 0.3) is 0 Å². The van der Waals surface area contributed by atoms with E-state index in [-0.39, 0.29) is 12.6 Å². The molecule has 0 saturated carbocycles. The molecule has 0 amide bonds. The molecule has 0 fully saturated rings. The van der Waals surface area contributed by atoms with Gasteiger partial charge in [0.05, 0.1) is 6.61 Å². The maximum absolute atomic E-state index is 9.57. The summed E-state index contributed by atoms with van der Waals surface area (Å²) < 4.78 is 11.0. The third-order valence-corrected chi connectivity index (χ3v) is 6.16.